The van der Waals surface area contributed by atoms with Gasteiger partial charge in [-0.05, 0) is 28.3 Å². The molecular formula is C22H38O5SSi. The fourth-order valence-corrected chi connectivity index (χ4v) is 5.15. The molecule has 0 aliphatic carbocycles. The molecule has 166 valence electrons. The van der Waals surface area contributed by atoms with E-state index in [1.165, 1.54) is 10.3 Å². The molecule has 0 radical (unpaired) electrons. The highest BCUT2D eigenvalue weighted by Crippen LogP contribution is 2.42. The van der Waals surface area contributed by atoms with Crippen LogP contribution in [0.2, 0.25) is 19.6 Å². The topological polar surface area (TPSA) is 94.8 Å². The molecule has 0 unspecified atom stereocenters. The van der Waals surface area contributed by atoms with Crippen molar-refractivity contribution >= 4 is 31.8 Å². The Balaban J connectivity index is 0.000000828. The molecule has 0 spiro atoms. The van der Waals surface area contributed by atoms with Crippen molar-refractivity contribution in [3.63, 3.8) is 0 Å². The third kappa shape index (κ3) is 11.3. The molecule has 1 aromatic rings. The summed E-state index contributed by atoms with van der Waals surface area (Å²) in [5.74, 6) is -1.67. The second-order valence-corrected chi connectivity index (χ2v) is 17.5. The summed E-state index contributed by atoms with van der Waals surface area (Å²) in [6.45, 7) is 20.2. The van der Waals surface area contributed by atoms with Crippen molar-refractivity contribution in [3.8, 4) is 5.75 Å². The second kappa shape index (κ2) is 10.5. The third-order valence-corrected chi connectivity index (χ3v) is 8.53. The number of hydrogen-bond donors (Lipinski definition) is 3. The summed E-state index contributed by atoms with van der Waals surface area (Å²) in [5.41, 5.74) is 2.04. The highest BCUT2D eigenvalue weighted by atomic mass is 32.2. The van der Waals surface area contributed by atoms with Crippen LogP contribution in [-0.4, -0.2) is 40.7 Å². The Morgan fingerprint density at radius 2 is 1.21 bits per heavy atom. The van der Waals surface area contributed by atoms with Gasteiger partial charge in [-0.3, -0.25) is 9.59 Å². The normalized spacial score (nSPS) is 12.2. The molecule has 0 heterocycles. The summed E-state index contributed by atoms with van der Waals surface area (Å²) >= 11 is 1.95. The summed E-state index contributed by atoms with van der Waals surface area (Å²) in [6.07, 6.45) is -0.593. The Morgan fingerprint density at radius 1 is 0.862 bits per heavy atom. The molecule has 0 aliphatic heterocycles. The minimum absolute atomic E-state index is 0.0419. The first-order valence-corrected chi connectivity index (χ1v) is 14.5. The molecule has 7 heteroatoms. The Morgan fingerprint density at radius 3 is 1.45 bits per heavy atom. The lowest BCUT2D eigenvalue weighted by Gasteiger charge is -2.28. The number of carboxylic acids is 2. The highest BCUT2D eigenvalue weighted by Gasteiger charge is 2.27. The zero-order chi connectivity index (χ0) is 23.2. The zero-order valence-electron chi connectivity index (χ0n) is 19.3. The fraction of sp³-hybridized carbons (Fsp3) is 0.636. The van der Waals surface area contributed by atoms with Gasteiger partial charge in [0.2, 0.25) is 0 Å². The monoisotopic (exact) mass is 442 g/mol. The first-order valence-electron chi connectivity index (χ1n) is 9.79. The van der Waals surface area contributed by atoms with Crippen LogP contribution in [0.25, 0.3) is 0 Å². The largest absolute Gasteiger partial charge is 0.507 e. The maximum atomic E-state index is 10.7. The van der Waals surface area contributed by atoms with Gasteiger partial charge in [0.05, 0.1) is 20.9 Å². The Bertz CT molecular complexity index is 660. The number of benzene rings is 1. The smallest absolute Gasteiger partial charge is 0.303 e. The van der Waals surface area contributed by atoms with Crippen LogP contribution in [0, 0.1) is 0 Å². The molecule has 29 heavy (non-hydrogen) atoms. The van der Waals surface area contributed by atoms with Gasteiger partial charge in [0, 0.05) is 16.0 Å². The number of carbonyl (C=O) groups is 2. The predicted molar refractivity (Wildman–Crippen MR) is 124 cm³/mol. The summed E-state index contributed by atoms with van der Waals surface area (Å²) < 4.78 is 0. The number of thioether (sulfide) groups is 1. The van der Waals surface area contributed by atoms with Crippen molar-refractivity contribution in [3.05, 3.63) is 23.3 Å². The first kappa shape index (κ1) is 27.5. The average Bonchev–Trinajstić information content (AvgIpc) is 2.49. The molecule has 0 saturated heterocycles. The van der Waals surface area contributed by atoms with Gasteiger partial charge in [-0.25, -0.2) is 0 Å². The van der Waals surface area contributed by atoms with E-state index in [4.69, 9.17) is 10.2 Å². The highest BCUT2D eigenvalue weighted by molar-refractivity contribution is 8.01. The molecule has 3 N–H and O–H groups in total. The molecule has 5 nitrogen and oxygen atoms in total. The maximum absolute atomic E-state index is 10.7. The van der Waals surface area contributed by atoms with E-state index < -0.39 is 20.0 Å². The number of hydrogen-bond acceptors (Lipinski definition) is 4. The van der Waals surface area contributed by atoms with E-state index in [9.17, 15) is 14.7 Å². The van der Waals surface area contributed by atoms with Crippen LogP contribution in [0.3, 0.4) is 0 Å². The number of aliphatic carboxylic acids is 2. The average molecular weight is 443 g/mol. The van der Waals surface area contributed by atoms with Crippen molar-refractivity contribution < 1.29 is 24.9 Å². The maximum Gasteiger partial charge on any atom is 0.303 e. The summed E-state index contributed by atoms with van der Waals surface area (Å²) in [7, 11) is -1.08. The van der Waals surface area contributed by atoms with Crippen molar-refractivity contribution in [2.75, 3.05) is 5.38 Å². The molecule has 0 bridgehead atoms. The molecule has 1 aromatic carbocycles. The van der Waals surface area contributed by atoms with Gasteiger partial charge in [-0.1, -0.05) is 61.2 Å². The van der Waals surface area contributed by atoms with Gasteiger partial charge < -0.3 is 15.3 Å². The standard InChI is InChI=1S/C18H32OSSi.C4H6O4/c1-17(2,3)14-10-13(20-12-21(7,8)9)11-15(16(14)19)18(4,5)6;5-3(6)1-2-4(7)8/h10-11,19H,12H2,1-9H3;1-2H2,(H,5,6)(H,7,8). The third-order valence-electron chi connectivity index (χ3n) is 3.92. The number of phenols is 1. The van der Waals surface area contributed by atoms with Crippen molar-refractivity contribution in [1.29, 1.82) is 0 Å². The minimum atomic E-state index is -1.08. The number of aromatic hydroxyl groups is 1. The van der Waals surface area contributed by atoms with Crippen LogP contribution < -0.4 is 0 Å². The van der Waals surface area contributed by atoms with Gasteiger partial charge in [0.15, 0.2) is 0 Å². The summed E-state index contributed by atoms with van der Waals surface area (Å²) in [5, 5.41) is 27.7. The number of carboxylic acid groups (broad SMARTS) is 2. The molecule has 0 saturated carbocycles. The van der Waals surface area contributed by atoms with Gasteiger partial charge in [0.25, 0.3) is 0 Å². The van der Waals surface area contributed by atoms with Gasteiger partial charge in [-0.15, -0.1) is 11.8 Å². The molecule has 0 amide bonds. The Labute approximate surface area is 180 Å². The van der Waals surface area contributed by atoms with E-state index in [2.05, 4.69) is 73.3 Å². The number of rotatable bonds is 6. The lowest BCUT2D eigenvalue weighted by Crippen LogP contribution is -2.24. The minimum Gasteiger partial charge on any atom is -0.507 e. The quantitative estimate of drug-likeness (QED) is 0.375. The molecule has 0 atom stereocenters. The Hall–Kier alpha value is -1.47. The van der Waals surface area contributed by atoms with Gasteiger partial charge >= 0.3 is 11.9 Å². The predicted octanol–water partition coefficient (Wildman–Crippen LogP) is 5.89. The van der Waals surface area contributed by atoms with Crippen LogP contribution in [0.15, 0.2) is 17.0 Å². The Kier molecular flexibility index (Phi) is 9.99. The summed E-state index contributed by atoms with van der Waals surface area (Å²) in [6, 6.07) is 4.38. The molecular weight excluding hydrogens is 404 g/mol. The molecule has 0 aromatic heterocycles. The van der Waals surface area contributed by atoms with Crippen LogP contribution in [-0.2, 0) is 20.4 Å². The summed E-state index contributed by atoms with van der Waals surface area (Å²) in [4.78, 5) is 20.6. The van der Waals surface area contributed by atoms with E-state index >= 15 is 0 Å². The molecule has 0 fully saturated rings. The fourth-order valence-electron chi connectivity index (χ4n) is 2.35. The lowest BCUT2D eigenvalue weighted by molar-refractivity contribution is -0.143. The van der Waals surface area contributed by atoms with Crippen molar-refractivity contribution in [1.82, 2.24) is 0 Å². The van der Waals surface area contributed by atoms with Gasteiger partial charge in [-0.2, -0.15) is 0 Å². The van der Waals surface area contributed by atoms with E-state index in [0.29, 0.717) is 5.75 Å². The first-order chi connectivity index (χ1) is 12.8. The van der Waals surface area contributed by atoms with Crippen LogP contribution in [0.1, 0.15) is 65.5 Å². The second-order valence-electron chi connectivity index (χ2n) is 10.5. The SMILES string of the molecule is CC(C)(C)c1cc(SC[Si](C)(C)C)cc(C(C)(C)C)c1O.O=C(O)CCC(=O)O. The number of phenolic OH excluding ortho intramolecular Hbond substituents is 1. The van der Waals surface area contributed by atoms with Crippen LogP contribution in [0.5, 0.6) is 5.75 Å². The van der Waals surface area contributed by atoms with Crippen molar-refractivity contribution in [2.45, 2.75) is 89.8 Å². The van der Waals surface area contributed by atoms with Gasteiger partial charge in [0.1, 0.15) is 5.75 Å². The molecule has 0 aliphatic rings. The molecule has 1 rings (SSSR count). The van der Waals surface area contributed by atoms with Crippen molar-refractivity contribution in [2.24, 2.45) is 0 Å². The van der Waals surface area contributed by atoms with E-state index in [1.807, 2.05) is 11.8 Å². The van der Waals surface area contributed by atoms with Crippen LogP contribution in [0.4, 0.5) is 0 Å². The van der Waals surface area contributed by atoms with Crippen LogP contribution >= 0.6 is 11.8 Å². The van der Waals surface area contributed by atoms with E-state index in [0.717, 1.165) is 11.1 Å². The van der Waals surface area contributed by atoms with E-state index in [-0.39, 0.29) is 23.7 Å². The zero-order valence-corrected chi connectivity index (χ0v) is 21.2. The van der Waals surface area contributed by atoms with E-state index in [1.54, 1.807) is 0 Å². The lowest BCUT2D eigenvalue weighted by atomic mass is 9.79.